The van der Waals surface area contributed by atoms with E-state index in [1.165, 1.54) is 46.3 Å². The van der Waals surface area contributed by atoms with E-state index in [1.807, 2.05) is 6.92 Å². The van der Waals surface area contributed by atoms with Crippen molar-refractivity contribution in [3.05, 3.63) is 53.3 Å². The number of halogens is 2. The summed E-state index contributed by atoms with van der Waals surface area (Å²) in [5.41, 5.74) is 0.631. The maximum Gasteiger partial charge on any atom is 0.267 e. The van der Waals surface area contributed by atoms with Crippen LogP contribution in [0.1, 0.15) is 12.5 Å². The lowest BCUT2D eigenvalue weighted by atomic mass is 10.2. The number of hydrogen-bond acceptors (Lipinski definition) is 5. The molecule has 3 aromatic rings. The standard InChI is InChI=1S/C14H14ClFN6O2S/c1-2-21-8-12(6-18-21)25(23,24)20-14-17-9-22(19-14)7-10-3-4-11(16)5-13(10)15/h3-6,8-9H,2,7H2,1H3,(H,19,20). The molecule has 0 radical (unpaired) electrons. The molecule has 0 saturated carbocycles. The van der Waals surface area contributed by atoms with Gasteiger partial charge in [-0.05, 0) is 24.6 Å². The van der Waals surface area contributed by atoms with Gasteiger partial charge < -0.3 is 0 Å². The molecule has 3 rings (SSSR count). The van der Waals surface area contributed by atoms with Crippen molar-refractivity contribution in [1.29, 1.82) is 0 Å². The van der Waals surface area contributed by atoms with Gasteiger partial charge in [0.25, 0.3) is 16.0 Å². The number of hydrogen-bond donors (Lipinski definition) is 1. The molecule has 2 aromatic heterocycles. The average Bonchev–Trinajstić information content (AvgIpc) is 3.19. The van der Waals surface area contributed by atoms with Crippen molar-refractivity contribution >= 4 is 27.6 Å². The summed E-state index contributed by atoms with van der Waals surface area (Å²) in [6, 6.07) is 4.01. The van der Waals surface area contributed by atoms with Gasteiger partial charge in [0.15, 0.2) is 0 Å². The van der Waals surface area contributed by atoms with Gasteiger partial charge in [0.05, 0.1) is 12.7 Å². The maximum absolute atomic E-state index is 13.1. The SMILES string of the molecule is CCn1cc(S(=O)(=O)Nc2ncn(Cc3ccc(F)cc3Cl)n2)cn1. The van der Waals surface area contributed by atoms with Crippen molar-refractivity contribution in [3.63, 3.8) is 0 Å². The highest BCUT2D eigenvalue weighted by Crippen LogP contribution is 2.18. The van der Waals surface area contributed by atoms with Crippen molar-refractivity contribution in [2.24, 2.45) is 0 Å². The van der Waals surface area contributed by atoms with E-state index in [9.17, 15) is 12.8 Å². The quantitative estimate of drug-likeness (QED) is 0.702. The number of rotatable bonds is 6. The summed E-state index contributed by atoms with van der Waals surface area (Å²) >= 11 is 5.97. The zero-order valence-corrected chi connectivity index (χ0v) is 14.7. The van der Waals surface area contributed by atoms with E-state index < -0.39 is 15.8 Å². The van der Waals surface area contributed by atoms with Crippen LogP contribution in [0.3, 0.4) is 0 Å². The number of aromatic nitrogens is 5. The van der Waals surface area contributed by atoms with Crippen molar-refractivity contribution in [3.8, 4) is 0 Å². The molecule has 0 aliphatic carbocycles. The normalized spacial score (nSPS) is 11.6. The Hall–Kier alpha value is -2.46. The van der Waals surface area contributed by atoms with Gasteiger partial charge >= 0.3 is 0 Å². The fraction of sp³-hybridized carbons (Fsp3) is 0.214. The summed E-state index contributed by atoms with van der Waals surface area (Å²) in [6.45, 7) is 2.63. The molecular weight excluding hydrogens is 371 g/mol. The van der Waals surface area contributed by atoms with Crippen LogP contribution in [0, 0.1) is 5.82 Å². The monoisotopic (exact) mass is 384 g/mol. The molecule has 25 heavy (non-hydrogen) atoms. The van der Waals surface area contributed by atoms with E-state index in [-0.39, 0.29) is 22.4 Å². The second kappa shape index (κ2) is 6.81. The first-order valence-electron chi connectivity index (χ1n) is 7.26. The van der Waals surface area contributed by atoms with E-state index in [4.69, 9.17) is 11.6 Å². The first kappa shape index (κ1) is 17.4. The molecular formula is C14H14ClFN6O2S. The minimum atomic E-state index is -3.82. The molecule has 1 aromatic carbocycles. The highest BCUT2D eigenvalue weighted by molar-refractivity contribution is 7.92. The zero-order chi connectivity index (χ0) is 18.0. The Morgan fingerprint density at radius 2 is 2.12 bits per heavy atom. The van der Waals surface area contributed by atoms with E-state index in [0.717, 1.165) is 0 Å². The van der Waals surface area contributed by atoms with Crippen molar-refractivity contribution in [2.45, 2.75) is 24.9 Å². The Morgan fingerprint density at radius 3 is 2.80 bits per heavy atom. The highest BCUT2D eigenvalue weighted by Gasteiger charge is 2.18. The number of nitrogens with zero attached hydrogens (tertiary/aromatic N) is 5. The number of anilines is 1. The van der Waals surface area contributed by atoms with Crippen molar-refractivity contribution in [2.75, 3.05) is 4.72 Å². The summed E-state index contributed by atoms with van der Waals surface area (Å²) in [7, 11) is -3.82. The van der Waals surface area contributed by atoms with Gasteiger partial charge in [-0.2, -0.15) is 10.1 Å². The highest BCUT2D eigenvalue weighted by atomic mass is 35.5. The average molecular weight is 385 g/mol. The van der Waals surface area contributed by atoms with Gasteiger partial charge in [-0.1, -0.05) is 17.7 Å². The van der Waals surface area contributed by atoms with Gasteiger partial charge in [0.1, 0.15) is 17.0 Å². The van der Waals surface area contributed by atoms with Crippen LogP contribution in [0.15, 0.2) is 41.8 Å². The molecule has 2 heterocycles. The summed E-state index contributed by atoms with van der Waals surface area (Å²) in [5.74, 6) is -0.518. The van der Waals surface area contributed by atoms with Crippen LogP contribution < -0.4 is 4.72 Å². The fourth-order valence-corrected chi connectivity index (χ4v) is 3.20. The molecule has 0 saturated heterocycles. The van der Waals surface area contributed by atoms with Crippen LogP contribution in [0.25, 0.3) is 0 Å². The van der Waals surface area contributed by atoms with Crippen molar-refractivity contribution < 1.29 is 12.8 Å². The topological polar surface area (TPSA) is 94.7 Å². The molecule has 0 unspecified atom stereocenters. The van der Waals surface area contributed by atoms with Crippen molar-refractivity contribution in [1.82, 2.24) is 24.5 Å². The Labute approximate surface area is 148 Å². The Morgan fingerprint density at radius 1 is 1.32 bits per heavy atom. The third-order valence-electron chi connectivity index (χ3n) is 3.35. The van der Waals surface area contributed by atoms with Gasteiger partial charge in [-0.15, -0.1) is 5.10 Å². The Bertz CT molecular complexity index is 1000. The minimum Gasteiger partial charge on any atom is -0.272 e. The van der Waals surface area contributed by atoms with Crippen LogP contribution in [0.5, 0.6) is 0 Å². The Balaban J connectivity index is 1.75. The molecule has 0 aliphatic heterocycles. The predicted molar refractivity (Wildman–Crippen MR) is 89.2 cm³/mol. The molecule has 11 heteroatoms. The molecule has 0 fully saturated rings. The van der Waals surface area contributed by atoms with Gasteiger partial charge in [-0.3, -0.25) is 4.68 Å². The molecule has 0 atom stereocenters. The lowest BCUT2D eigenvalue weighted by Crippen LogP contribution is -2.14. The van der Waals surface area contributed by atoms with E-state index in [0.29, 0.717) is 12.1 Å². The van der Waals surface area contributed by atoms with Crippen LogP contribution in [0.2, 0.25) is 5.02 Å². The number of nitrogens with one attached hydrogen (secondary N) is 1. The number of sulfonamides is 1. The Kier molecular flexibility index (Phi) is 4.73. The summed E-state index contributed by atoms with van der Waals surface area (Å²) in [5, 5.41) is 8.22. The van der Waals surface area contributed by atoms with Crippen LogP contribution in [-0.2, 0) is 23.1 Å². The summed E-state index contributed by atoms with van der Waals surface area (Å²) in [4.78, 5) is 3.94. The van der Waals surface area contributed by atoms with Gasteiger partial charge in [0.2, 0.25) is 0 Å². The molecule has 132 valence electrons. The molecule has 0 spiro atoms. The second-order valence-electron chi connectivity index (χ2n) is 5.14. The van der Waals surface area contributed by atoms with Gasteiger partial charge in [-0.25, -0.2) is 22.2 Å². The van der Waals surface area contributed by atoms with E-state index >= 15 is 0 Å². The smallest absolute Gasteiger partial charge is 0.267 e. The van der Waals surface area contributed by atoms with Crippen LogP contribution in [-0.4, -0.2) is 33.0 Å². The molecule has 0 bridgehead atoms. The molecule has 0 amide bonds. The van der Waals surface area contributed by atoms with Gasteiger partial charge in [0, 0.05) is 17.8 Å². The lowest BCUT2D eigenvalue weighted by Gasteiger charge is -2.04. The van der Waals surface area contributed by atoms with E-state index in [1.54, 1.807) is 0 Å². The third kappa shape index (κ3) is 3.97. The largest absolute Gasteiger partial charge is 0.272 e. The first-order chi connectivity index (χ1) is 11.9. The molecule has 0 aliphatic rings. The zero-order valence-electron chi connectivity index (χ0n) is 13.1. The predicted octanol–water partition coefficient (Wildman–Crippen LogP) is 2.14. The molecule has 8 nitrogen and oxygen atoms in total. The van der Waals surface area contributed by atoms with E-state index in [2.05, 4.69) is 19.9 Å². The molecule has 1 N–H and O–H groups in total. The third-order valence-corrected chi connectivity index (χ3v) is 4.99. The lowest BCUT2D eigenvalue weighted by molar-refractivity contribution is 0.599. The maximum atomic E-state index is 13.1. The summed E-state index contributed by atoms with van der Waals surface area (Å²) < 4.78 is 42.8. The summed E-state index contributed by atoms with van der Waals surface area (Å²) in [6.07, 6.45) is 4.02. The minimum absolute atomic E-state index is 0.0206. The fourth-order valence-electron chi connectivity index (χ4n) is 2.08. The van der Waals surface area contributed by atoms with Crippen LogP contribution >= 0.6 is 11.6 Å². The second-order valence-corrected chi connectivity index (χ2v) is 7.23. The van der Waals surface area contributed by atoms with Crippen LogP contribution in [0.4, 0.5) is 10.3 Å². The number of aryl methyl sites for hydroxylation is 1. The first-order valence-corrected chi connectivity index (χ1v) is 9.12. The number of benzene rings is 1.